The molecule has 0 radical (unpaired) electrons. The van der Waals surface area contributed by atoms with Crippen molar-refractivity contribution in [1.82, 2.24) is 9.97 Å². The zero-order valence-electron chi connectivity index (χ0n) is 10.3. The van der Waals surface area contributed by atoms with Crippen LogP contribution in [0.25, 0.3) is 0 Å². The van der Waals surface area contributed by atoms with Crippen LogP contribution in [0.15, 0.2) is 6.20 Å². The van der Waals surface area contributed by atoms with E-state index in [-0.39, 0.29) is 5.54 Å². The Labute approximate surface area is 102 Å². The third-order valence-corrected chi connectivity index (χ3v) is 2.05. The summed E-state index contributed by atoms with van der Waals surface area (Å²) in [6, 6.07) is 0. The van der Waals surface area contributed by atoms with Crippen LogP contribution in [0, 0.1) is 0 Å². The first-order valence-corrected chi connectivity index (χ1v) is 5.85. The molecule has 5 heteroatoms. The van der Waals surface area contributed by atoms with E-state index in [9.17, 15) is 0 Å². The van der Waals surface area contributed by atoms with Crippen LogP contribution in [0.5, 0.6) is 0 Å². The summed E-state index contributed by atoms with van der Waals surface area (Å²) < 4.78 is 0. The quantitative estimate of drug-likeness (QED) is 0.852. The highest BCUT2D eigenvalue weighted by molar-refractivity contribution is 6.32. The highest BCUT2D eigenvalue weighted by atomic mass is 35.5. The van der Waals surface area contributed by atoms with E-state index in [1.54, 1.807) is 6.20 Å². The Hall–Kier alpha value is -1.03. The third-order valence-electron chi connectivity index (χ3n) is 1.77. The fourth-order valence-electron chi connectivity index (χ4n) is 1.13. The molecule has 0 aliphatic heterocycles. The Morgan fingerprint density at radius 2 is 2.06 bits per heavy atom. The van der Waals surface area contributed by atoms with Crippen molar-refractivity contribution < 1.29 is 0 Å². The Bertz CT molecular complexity index is 346. The van der Waals surface area contributed by atoms with Gasteiger partial charge in [-0.05, 0) is 27.2 Å². The number of halogens is 1. The van der Waals surface area contributed by atoms with Crippen molar-refractivity contribution in [3.8, 4) is 0 Å². The lowest BCUT2D eigenvalue weighted by Gasteiger charge is -2.22. The molecule has 2 N–H and O–H groups in total. The lowest BCUT2D eigenvalue weighted by Crippen LogP contribution is -2.27. The molecule has 1 aromatic heterocycles. The van der Waals surface area contributed by atoms with Gasteiger partial charge in [0, 0.05) is 12.1 Å². The number of nitrogens with one attached hydrogen (secondary N) is 2. The molecule has 16 heavy (non-hydrogen) atoms. The molecule has 0 aliphatic carbocycles. The van der Waals surface area contributed by atoms with Crippen LogP contribution in [0.1, 0.15) is 34.1 Å². The minimum absolute atomic E-state index is 0.0694. The van der Waals surface area contributed by atoms with Crippen molar-refractivity contribution in [2.75, 3.05) is 17.2 Å². The number of nitrogens with zero attached hydrogens (tertiary/aromatic N) is 2. The van der Waals surface area contributed by atoms with Crippen LogP contribution in [-0.4, -0.2) is 22.1 Å². The van der Waals surface area contributed by atoms with E-state index in [0.717, 1.165) is 13.0 Å². The van der Waals surface area contributed by atoms with Gasteiger partial charge in [0.05, 0.1) is 6.20 Å². The predicted octanol–water partition coefficient (Wildman–Crippen LogP) is 3.16. The van der Waals surface area contributed by atoms with Crippen molar-refractivity contribution in [2.45, 2.75) is 39.7 Å². The summed E-state index contributed by atoms with van der Waals surface area (Å²) in [6.45, 7) is 9.13. The molecular formula is C11H19ClN4. The predicted molar refractivity (Wildman–Crippen MR) is 69.2 cm³/mol. The lowest BCUT2D eigenvalue weighted by molar-refractivity contribution is 0.630. The van der Waals surface area contributed by atoms with E-state index in [0.29, 0.717) is 16.8 Å². The molecule has 90 valence electrons. The van der Waals surface area contributed by atoms with Crippen LogP contribution >= 0.6 is 11.6 Å². The van der Waals surface area contributed by atoms with Crippen LogP contribution in [-0.2, 0) is 0 Å². The first-order chi connectivity index (χ1) is 7.42. The average molecular weight is 243 g/mol. The van der Waals surface area contributed by atoms with E-state index in [1.807, 2.05) is 0 Å². The summed E-state index contributed by atoms with van der Waals surface area (Å²) in [4.78, 5) is 8.44. The molecule has 1 rings (SSSR count). The Morgan fingerprint density at radius 3 is 2.62 bits per heavy atom. The van der Waals surface area contributed by atoms with E-state index in [4.69, 9.17) is 11.6 Å². The molecule has 0 amide bonds. The largest absolute Gasteiger partial charge is 0.364 e. The van der Waals surface area contributed by atoms with Gasteiger partial charge in [-0.3, -0.25) is 0 Å². The molecule has 1 heterocycles. The molecular weight excluding hydrogens is 224 g/mol. The van der Waals surface area contributed by atoms with Crippen LogP contribution in [0.3, 0.4) is 0 Å². The average Bonchev–Trinajstić information content (AvgIpc) is 2.17. The zero-order chi connectivity index (χ0) is 12.2. The maximum Gasteiger partial charge on any atom is 0.224 e. The van der Waals surface area contributed by atoms with Crippen molar-refractivity contribution in [3.63, 3.8) is 0 Å². The summed E-state index contributed by atoms with van der Waals surface area (Å²) in [7, 11) is 0. The maximum atomic E-state index is 6.02. The summed E-state index contributed by atoms with van der Waals surface area (Å²) in [5.41, 5.74) is -0.0694. The molecule has 0 unspecified atom stereocenters. The number of hydrogen-bond acceptors (Lipinski definition) is 4. The highest BCUT2D eigenvalue weighted by Crippen LogP contribution is 2.22. The van der Waals surface area contributed by atoms with Gasteiger partial charge in [-0.1, -0.05) is 18.5 Å². The number of anilines is 2. The number of hydrogen-bond donors (Lipinski definition) is 2. The molecule has 0 fully saturated rings. The summed E-state index contributed by atoms with van der Waals surface area (Å²) in [6.07, 6.45) is 2.65. The molecule has 0 saturated carbocycles. The second-order valence-corrected chi connectivity index (χ2v) is 5.10. The molecule has 4 nitrogen and oxygen atoms in total. The summed E-state index contributed by atoms with van der Waals surface area (Å²) >= 11 is 6.02. The topological polar surface area (TPSA) is 49.8 Å². The third kappa shape index (κ3) is 4.23. The van der Waals surface area contributed by atoms with Gasteiger partial charge in [0.2, 0.25) is 5.95 Å². The van der Waals surface area contributed by atoms with Crippen molar-refractivity contribution in [3.05, 3.63) is 11.2 Å². The zero-order valence-corrected chi connectivity index (χ0v) is 11.0. The van der Waals surface area contributed by atoms with Gasteiger partial charge in [-0.15, -0.1) is 0 Å². The molecule has 0 aromatic carbocycles. The van der Waals surface area contributed by atoms with E-state index >= 15 is 0 Å². The van der Waals surface area contributed by atoms with Gasteiger partial charge in [0.25, 0.3) is 0 Å². The van der Waals surface area contributed by atoms with Gasteiger partial charge in [-0.2, -0.15) is 4.98 Å². The Kier molecular flexibility index (Phi) is 4.35. The minimum atomic E-state index is -0.0694. The summed E-state index contributed by atoms with van der Waals surface area (Å²) in [5, 5.41) is 6.91. The van der Waals surface area contributed by atoms with Gasteiger partial charge in [-0.25, -0.2) is 4.98 Å². The lowest BCUT2D eigenvalue weighted by atomic mass is 10.1. The molecule has 0 aliphatic rings. The molecule has 0 atom stereocenters. The van der Waals surface area contributed by atoms with Gasteiger partial charge < -0.3 is 10.6 Å². The van der Waals surface area contributed by atoms with Crippen molar-refractivity contribution >= 4 is 23.4 Å². The van der Waals surface area contributed by atoms with Gasteiger partial charge >= 0.3 is 0 Å². The van der Waals surface area contributed by atoms with Crippen molar-refractivity contribution in [1.29, 1.82) is 0 Å². The number of aromatic nitrogens is 2. The first-order valence-electron chi connectivity index (χ1n) is 5.47. The fourth-order valence-corrected chi connectivity index (χ4v) is 1.27. The van der Waals surface area contributed by atoms with Crippen LogP contribution in [0.2, 0.25) is 5.02 Å². The highest BCUT2D eigenvalue weighted by Gasteiger charge is 2.13. The van der Waals surface area contributed by atoms with Gasteiger partial charge in [0.1, 0.15) is 5.02 Å². The van der Waals surface area contributed by atoms with Gasteiger partial charge in [0.15, 0.2) is 5.82 Å². The molecule has 0 saturated heterocycles. The summed E-state index contributed by atoms with van der Waals surface area (Å²) in [5.74, 6) is 1.28. The molecule has 0 spiro atoms. The van der Waals surface area contributed by atoms with Crippen LogP contribution in [0.4, 0.5) is 11.8 Å². The Balaban J connectivity index is 2.82. The normalized spacial score (nSPS) is 11.3. The Morgan fingerprint density at radius 1 is 1.38 bits per heavy atom. The maximum absolute atomic E-state index is 6.02. The number of rotatable bonds is 4. The first kappa shape index (κ1) is 13.0. The fraction of sp³-hybridized carbons (Fsp3) is 0.636. The standard InChI is InChI=1S/C11H19ClN4/c1-5-6-13-10-14-7-8(12)9(15-10)16-11(2,3)4/h7H,5-6H2,1-4H3,(H2,13,14,15,16). The van der Waals surface area contributed by atoms with E-state index in [2.05, 4.69) is 48.3 Å². The van der Waals surface area contributed by atoms with Crippen molar-refractivity contribution in [2.24, 2.45) is 0 Å². The smallest absolute Gasteiger partial charge is 0.224 e. The van der Waals surface area contributed by atoms with Crippen LogP contribution < -0.4 is 10.6 Å². The molecule has 1 aromatic rings. The second-order valence-electron chi connectivity index (χ2n) is 4.69. The van der Waals surface area contributed by atoms with E-state index < -0.39 is 0 Å². The SMILES string of the molecule is CCCNc1ncc(Cl)c(NC(C)(C)C)n1. The minimum Gasteiger partial charge on any atom is -0.364 e. The van der Waals surface area contributed by atoms with E-state index in [1.165, 1.54) is 0 Å². The second kappa shape index (κ2) is 5.34. The molecule has 0 bridgehead atoms. The monoisotopic (exact) mass is 242 g/mol.